The molecule has 0 fully saturated rings. The Morgan fingerprint density at radius 1 is 1.00 bits per heavy atom. The first-order valence-electron chi connectivity index (χ1n) is 12.9. The van der Waals surface area contributed by atoms with Gasteiger partial charge in [0.1, 0.15) is 6.61 Å². The molecule has 0 aliphatic carbocycles. The quantitative estimate of drug-likeness (QED) is 0.258. The van der Waals surface area contributed by atoms with Crippen molar-refractivity contribution in [2.75, 3.05) is 20.3 Å². The van der Waals surface area contributed by atoms with E-state index >= 15 is 0 Å². The zero-order chi connectivity index (χ0) is 29.4. The van der Waals surface area contributed by atoms with Crippen LogP contribution in [0, 0.1) is 0 Å². The van der Waals surface area contributed by atoms with Gasteiger partial charge in [0.25, 0.3) is 0 Å². The number of aliphatic imine (C=N–C) groups is 1. The molecule has 2 heterocycles. The summed E-state index contributed by atoms with van der Waals surface area (Å²) in [6.07, 6.45) is 2.11. The smallest absolute Gasteiger partial charge is 0.302 e. The van der Waals surface area contributed by atoms with Gasteiger partial charge >= 0.3 is 5.97 Å². The number of hydrogen-bond acceptors (Lipinski definition) is 10. The number of para-hydroxylation sites is 2. The van der Waals surface area contributed by atoms with Gasteiger partial charge in [-0.2, -0.15) is 0 Å². The third kappa shape index (κ3) is 7.89. The number of nitrogens with zero attached hydrogens (tertiary/aromatic N) is 3. The Labute approximate surface area is 241 Å². The standard InChI is InChI=1S/C29H33N5O6S/c1-19(35)38-17-18-39-28-24(40-23-10-7-6-9-22(23)37-5)25(32-27(33-28)26-30-15-8-16-31-26)34-41(36)21-13-11-20(12-14-21)29(2,3)4/h6-16,28,34H,17-18H2,1-5H3,(H,32,33). The molecule has 41 heavy (non-hydrogen) atoms. The fraction of sp³-hybridized carbons (Fsp3) is 0.310. The lowest BCUT2D eigenvalue weighted by Gasteiger charge is -2.28. The molecule has 11 nitrogen and oxygen atoms in total. The van der Waals surface area contributed by atoms with Gasteiger partial charge in [-0.3, -0.25) is 9.52 Å². The van der Waals surface area contributed by atoms with Gasteiger partial charge < -0.3 is 24.3 Å². The Morgan fingerprint density at radius 2 is 1.68 bits per heavy atom. The number of nitrogens with one attached hydrogen (secondary N) is 2. The van der Waals surface area contributed by atoms with Gasteiger partial charge in [0.15, 0.2) is 45.7 Å². The Balaban J connectivity index is 1.72. The maximum atomic E-state index is 13.6. The Hall–Kier alpha value is -4.29. The fourth-order valence-electron chi connectivity index (χ4n) is 3.73. The first-order chi connectivity index (χ1) is 19.7. The fourth-order valence-corrected chi connectivity index (χ4v) is 4.57. The molecule has 0 bridgehead atoms. The number of hydrogen-bond donors (Lipinski definition) is 2. The Morgan fingerprint density at radius 3 is 2.32 bits per heavy atom. The number of carbonyl (C=O) groups excluding carboxylic acids is 1. The molecule has 2 N–H and O–H groups in total. The largest absolute Gasteiger partial charge is 0.493 e. The number of esters is 1. The predicted octanol–water partition coefficient (Wildman–Crippen LogP) is 3.60. The number of benzene rings is 2. The topological polar surface area (TPSA) is 133 Å². The van der Waals surface area contributed by atoms with Crippen LogP contribution in [0.25, 0.3) is 0 Å². The van der Waals surface area contributed by atoms with E-state index < -0.39 is 23.2 Å². The minimum absolute atomic E-state index is 0.00269. The second-order valence-electron chi connectivity index (χ2n) is 9.88. The summed E-state index contributed by atoms with van der Waals surface area (Å²) in [5, 5.41) is 3.12. The van der Waals surface area contributed by atoms with Crippen molar-refractivity contribution in [3.63, 3.8) is 0 Å². The molecule has 216 valence electrons. The summed E-state index contributed by atoms with van der Waals surface area (Å²) in [6, 6.07) is 16.3. The van der Waals surface area contributed by atoms with Crippen molar-refractivity contribution >= 4 is 22.8 Å². The zero-order valence-electron chi connectivity index (χ0n) is 23.5. The molecule has 0 saturated heterocycles. The van der Waals surface area contributed by atoms with Gasteiger partial charge in [-0.1, -0.05) is 45.0 Å². The van der Waals surface area contributed by atoms with Crippen LogP contribution in [0.5, 0.6) is 11.5 Å². The van der Waals surface area contributed by atoms with Crippen molar-refractivity contribution in [2.24, 2.45) is 4.99 Å². The van der Waals surface area contributed by atoms with Gasteiger partial charge in [-0.15, -0.1) is 0 Å². The first-order valence-corrected chi connectivity index (χ1v) is 14.0. The normalized spacial score (nSPS) is 15.8. The van der Waals surface area contributed by atoms with E-state index in [1.165, 1.54) is 14.0 Å². The van der Waals surface area contributed by atoms with Crippen LogP contribution >= 0.6 is 0 Å². The average molecular weight is 580 g/mol. The molecule has 12 heteroatoms. The van der Waals surface area contributed by atoms with Crippen LogP contribution in [-0.4, -0.2) is 52.5 Å². The third-order valence-electron chi connectivity index (χ3n) is 5.82. The molecular formula is C29H33N5O6S. The van der Waals surface area contributed by atoms with E-state index in [1.54, 1.807) is 36.7 Å². The predicted molar refractivity (Wildman–Crippen MR) is 153 cm³/mol. The highest BCUT2D eigenvalue weighted by Gasteiger charge is 2.31. The third-order valence-corrected chi connectivity index (χ3v) is 6.91. The van der Waals surface area contributed by atoms with Crippen LogP contribution in [0.4, 0.5) is 0 Å². The van der Waals surface area contributed by atoms with Gasteiger partial charge in [0.05, 0.1) is 18.6 Å². The minimum Gasteiger partial charge on any atom is -0.493 e. The van der Waals surface area contributed by atoms with E-state index in [0.29, 0.717) is 16.4 Å². The minimum atomic E-state index is -1.70. The Bertz CT molecular complexity index is 1440. The number of ether oxygens (including phenoxy) is 4. The van der Waals surface area contributed by atoms with E-state index in [0.717, 1.165) is 5.56 Å². The summed E-state index contributed by atoms with van der Waals surface area (Å²) < 4.78 is 39.3. The van der Waals surface area contributed by atoms with Crippen molar-refractivity contribution in [2.45, 2.75) is 44.2 Å². The summed E-state index contributed by atoms with van der Waals surface area (Å²) in [6.45, 7) is 7.68. The maximum absolute atomic E-state index is 13.6. The Kier molecular flexibility index (Phi) is 9.69. The summed E-state index contributed by atoms with van der Waals surface area (Å²) >= 11 is 0. The monoisotopic (exact) mass is 579 g/mol. The van der Waals surface area contributed by atoms with Gasteiger partial charge in [-0.25, -0.2) is 19.2 Å². The molecule has 2 unspecified atom stereocenters. The van der Waals surface area contributed by atoms with Crippen LogP contribution in [0.15, 0.2) is 88.5 Å². The number of methoxy groups -OCH3 is 1. The number of carbonyl (C=O) groups is 1. The van der Waals surface area contributed by atoms with Gasteiger partial charge in [-0.05, 0) is 41.3 Å². The van der Waals surface area contributed by atoms with E-state index in [2.05, 4.69) is 45.8 Å². The van der Waals surface area contributed by atoms with Crippen molar-refractivity contribution in [3.05, 3.63) is 90.0 Å². The summed E-state index contributed by atoms with van der Waals surface area (Å²) in [4.78, 5) is 25.0. The lowest BCUT2D eigenvalue weighted by molar-refractivity contribution is -0.143. The second kappa shape index (κ2) is 13.4. The van der Waals surface area contributed by atoms with E-state index in [9.17, 15) is 9.00 Å². The zero-order valence-corrected chi connectivity index (χ0v) is 24.4. The molecule has 4 rings (SSSR count). The molecule has 0 radical (unpaired) electrons. The maximum Gasteiger partial charge on any atom is 0.302 e. The van der Waals surface area contributed by atoms with E-state index in [1.807, 2.05) is 30.3 Å². The SMILES string of the molecule is COc1ccccc1OC1=C(NS(=O)c2ccc(C(C)(C)C)cc2)NC(c2ncccn2)=NC1OCCOC(C)=O. The number of rotatable bonds is 11. The molecule has 0 spiro atoms. The van der Waals surface area contributed by atoms with E-state index in [-0.39, 0.29) is 41.9 Å². The lowest BCUT2D eigenvalue weighted by Crippen LogP contribution is -2.43. The van der Waals surface area contributed by atoms with Crippen molar-refractivity contribution in [1.29, 1.82) is 0 Å². The molecule has 0 amide bonds. The lowest BCUT2D eigenvalue weighted by atomic mass is 9.87. The molecule has 3 aromatic rings. The molecule has 0 saturated carbocycles. The second-order valence-corrected chi connectivity index (χ2v) is 11.1. The van der Waals surface area contributed by atoms with Crippen LogP contribution in [0.1, 0.15) is 39.1 Å². The summed E-state index contributed by atoms with van der Waals surface area (Å²) in [5.41, 5.74) is 1.07. The highest BCUT2D eigenvalue weighted by molar-refractivity contribution is 7.83. The molecule has 2 aromatic carbocycles. The number of aromatic nitrogens is 2. The van der Waals surface area contributed by atoms with E-state index in [4.69, 9.17) is 18.9 Å². The first kappa shape index (κ1) is 29.7. The molecular weight excluding hydrogens is 546 g/mol. The molecule has 1 aromatic heterocycles. The summed E-state index contributed by atoms with van der Waals surface area (Å²) in [5.74, 6) is 1.38. The average Bonchev–Trinajstić information content (AvgIpc) is 2.96. The highest BCUT2D eigenvalue weighted by atomic mass is 32.2. The van der Waals surface area contributed by atoms with Gasteiger partial charge in [0, 0.05) is 19.3 Å². The summed E-state index contributed by atoms with van der Waals surface area (Å²) in [7, 11) is -0.175. The van der Waals surface area contributed by atoms with Crippen LogP contribution in [0.2, 0.25) is 0 Å². The molecule has 2 atom stereocenters. The van der Waals surface area contributed by atoms with Crippen LogP contribution in [-0.2, 0) is 30.7 Å². The molecule has 1 aliphatic heterocycles. The van der Waals surface area contributed by atoms with Crippen molar-refractivity contribution in [3.8, 4) is 11.5 Å². The molecule has 1 aliphatic rings. The highest BCUT2D eigenvalue weighted by Crippen LogP contribution is 2.31. The van der Waals surface area contributed by atoms with Crippen LogP contribution in [0.3, 0.4) is 0 Å². The van der Waals surface area contributed by atoms with Crippen molar-refractivity contribution in [1.82, 2.24) is 20.0 Å². The number of amidine groups is 1. The van der Waals surface area contributed by atoms with Crippen molar-refractivity contribution < 1.29 is 28.0 Å². The van der Waals surface area contributed by atoms with Crippen LogP contribution < -0.4 is 19.5 Å². The van der Waals surface area contributed by atoms with Gasteiger partial charge in [0.2, 0.25) is 6.23 Å².